The van der Waals surface area contributed by atoms with Gasteiger partial charge in [-0.15, -0.1) is 0 Å². The molecule has 2 amide bonds. The third-order valence-electron chi connectivity index (χ3n) is 2.89. The zero-order valence-corrected chi connectivity index (χ0v) is 13.2. The summed E-state index contributed by atoms with van der Waals surface area (Å²) in [5, 5.41) is 5.69. The Morgan fingerprint density at radius 1 is 1.22 bits per heavy atom. The van der Waals surface area contributed by atoms with Crippen LogP contribution in [-0.4, -0.2) is 26.3 Å². The monoisotopic (exact) mass is 338 g/mol. The number of hydrogen-bond acceptors (Lipinski definition) is 3. The van der Waals surface area contributed by atoms with Crippen LogP contribution in [0, 0.1) is 5.82 Å². The molecule has 7 heteroatoms. The maximum Gasteiger partial charge on any atom is 0.319 e. The fraction of sp³-hybridized carbons (Fsp3) is 0.188. The normalized spacial score (nSPS) is 10.0. The second-order valence-electron chi connectivity index (χ2n) is 4.50. The summed E-state index contributed by atoms with van der Waals surface area (Å²) < 4.78 is 23.7. The van der Waals surface area contributed by atoms with E-state index >= 15 is 0 Å². The third kappa shape index (κ3) is 5.03. The van der Waals surface area contributed by atoms with Crippen molar-refractivity contribution < 1.29 is 18.7 Å². The molecule has 0 aliphatic carbocycles. The summed E-state index contributed by atoms with van der Waals surface area (Å²) in [6.45, 7) is 0.351. The Kier molecular flexibility index (Phi) is 6.05. The van der Waals surface area contributed by atoms with Gasteiger partial charge in [-0.1, -0.05) is 23.7 Å². The van der Waals surface area contributed by atoms with Gasteiger partial charge in [0.05, 0.1) is 19.3 Å². The molecular formula is C16H16ClFN2O3. The van der Waals surface area contributed by atoms with E-state index in [1.54, 1.807) is 30.3 Å². The number of nitrogens with one attached hydrogen (secondary N) is 2. The highest BCUT2D eigenvalue weighted by Gasteiger charge is 2.08. The Morgan fingerprint density at radius 3 is 2.74 bits per heavy atom. The lowest BCUT2D eigenvalue weighted by Gasteiger charge is -2.12. The zero-order valence-electron chi connectivity index (χ0n) is 12.4. The van der Waals surface area contributed by atoms with Crippen molar-refractivity contribution in [1.82, 2.24) is 5.32 Å². The summed E-state index contributed by atoms with van der Waals surface area (Å²) in [4.78, 5) is 11.8. The molecule has 0 spiro atoms. The van der Waals surface area contributed by atoms with Crippen molar-refractivity contribution in [3.63, 3.8) is 0 Å². The minimum absolute atomic E-state index is 0.140. The van der Waals surface area contributed by atoms with Crippen molar-refractivity contribution in [3.05, 3.63) is 53.3 Å². The van der Waals surface area contributed by atoms with E-state index < -0.39 is 11.8 Å². The molecule has 23 heavy (non-hydrogen) atoms. The molecule has 0 aromatic heterocycles. The third-order valence-corrected chi connectivity index (χ3v) is 3.13. The molecule has 0 saturated carbocycles. The summed E-state index contributed by atoms with van der Waals surface area (Å²) in [6, 6.07) is 10.5. The van der Waals surface area contributed by atoms with Crippen LogP contribution in [0.25, 0.3) is 0 Å². The number of anilines is 1. The molecule has 5 nitrogen and oxygen atoms in total. The number of amides is 2. The van der Waals surface area contributed by atoms with E-state index in [-0.39, 0.29) is 18.9 Å². The van der Waals surface area contributed by atoms with Crippen molar-refractivity contribution in [2.75, 3.05) is 25.6 Å². The molecule has 2 rings (SSSR count). The van der Waals surface area contributed by atoms with Gasteiger partial charge in [0, 0.05) is 5.02 Å². The summed E-state index contributed by atoms with van der Waals surface area (Å²) in [5.41, 5.74) is 0.451. The zero-order chi connectivity index (χ0) is 16.7. The molecule has 0 heterocycles. The minimum Gasteiger partial charge on any atom is -0.495 e. The molecule has 0 saturated heterocycles. The van der Waals surface area contributed by atoms with Gasteiger partial charge in [-0.05, 0) is 30.3 Å². The molecule has 0 aliphatic rings. The fourth-order valence-corrected chi connectivity index (χ4v) is 2.00. The number of rotatable bonds is 6. The molecule has 0 radical (unpaired) electrons. The van der Waals surface area contributed by atoms with E-state index in [1.165, 1.54) is 19.2 Å². The Morgan fingerprint density at radius 2 is 2.00 bits per heavy atom. The highest BCUT2D eigenvalue weighted by Crippen LogP contribution is 2.27. The van der Waals surface area contributed by atoms with E-state index in [1.807, 2.05) is 0 Å². The van der Waals surface area contributed by atoms with Gasteiger partial charge in [0.2, 0.25) is 0 Å². The second-order valence-corrected chi connectivity index (χ2v) is 4.94. The summed E-state index contributed by atoms with van der Waals surface area (Å²) in [6.07, 6.45) is 0. The second kappa shape index (κ2) is 8.24. The number of carbonyl (C=O) groups excluding carboxylic acids is 1. The average Bonchev–Trinajstić information content (AvgIpc) is 2.53. The van der Waals surface area contributed by atoms with Crippen LogP contribution in [0.1, 0.15) is 0 Å². The Hall–Kier alpha value is -2.47. The Labute approximate surface area is 138 Å². The number of methoxy groups -OCH3 is 1. The quantitative estimate of drug-likeness (QED) is 0.790. The van der Waals surface area contributed by atoms with Crippen molar-refractivity contribution in [3.8, 4) is 11.5 Å². The van der Waals surface area contributed by atoms with Crippen LogP contribution in [-0.2, 0) is 0 Å². The smallest absolute Gasteiger partial charge is 0.319 e. The van der Waals surface area contributed by atoms with E-state index in [0.29, 0.717) is 16.5 Å². The first-order chi connectivity index (χ1) is 11.1. The lowest BCUT2D eigenvalue weighted by atomic mass is 10.3. The van der Waals surface area contributed by atoms with Crippen LogP contribution in [0.15, 0.2) is 42.5 Å². The molecule has 0 aliphatic heterocycles. The number of ether oxygens (including phenoxy) is 2. The maximum atomic E-state index is 13.3. The van der Waals surface area contributed by atoms with Gasteiger partial charge < -0.3 is 20.1 Å². The number of para-hydroxylation sites is 1. The topological polar surface area (TPSA) is 59.6 Å². The lowest BCUT2D eigenvalue weighted by molar-refractivity contribution is 0.246. The van der Waals surface area contributed by atoms with E-state index in [4.69, 9.17) is 21.1 Å². The van der Waals surface area contributed by atoms with Crippen LogP contribution in [0.2, 0.25) is 5.02 Å². The van der Waals surface area contributed by atoms with Gasteiger partial charge in [-0.3, -0.25) is 0 Å². The largest absolute Gasteiger partial charge is 0.495 e. The predicted molar refractivity (Wildman–Crippen MR) is 86.9 cm³/mol. The van der Waals surface area contributed by atoms with Crippen LogP contribution in [0.3, 0.4) is 0 Å². The van der Waals surface area contributed by atoms with Gasteiger partial charge in [0.25, 0.3) is 0 Å². The first-order valence-electron chi connectivity index (χ1n) is 6.86. The molecule has 2 N–H and O–H groups in total. The van der Waals surface area contributed by atoms with E-state index in [0.717, 1.165) is 0 Å². The van der Waals surface area contributed by atoms with Crippen molar-refractivity contribution >= 4 is 23.3 Å². The van der Waals surface area contributed by atoms with Gasteiger partial charge in [0.1, 0.15) is 12.4 Å². The van der Waals surface area contributed by atoms with Crippen LogP contribution in [0.4, 0.5) is 14.9 Å². The molecule has 0 unspecified atom stereocenters. The molecule has 2 aromatic carbocycles. The number of carbonyl (C=O) groups is 1. The van der Waals surface area contributed by atoms with Crippen LogP contribution >= 0.6 is 11.6 Å². The average molecular weight is 339 g/mol. The fourth-order valence-electron chi connectivity index (χ4n) is 1.83. The molecule has 0 fully saturated rings. The van der Waals surface area contributed by atoms with Gasteiger partial charge in [0.15, 0.2) is 11.6 Å². The van der Waals surface area contributed by atoms with Crippen molar-refractivity contribution in [1.29, 1.82) is 0 Å². The molecule has 122 valence electrons. The van der Waals surface area contributed by atoms with E-state index in [2.05, 4.69) is 10.6 Å². The van der Waals surface area contributed by atoms with Crippen molar-refractivity contribution in [2.24, 2.45) is 0 Å². The molecule has 0 bridgehead atoms. The molecule has 2 aromatic rings. The molecular weight excluding hydrogens is 323 g/mol. The van der Waals surface area contributed by atoms with Gasteiger partial charge >= 0.3 is 6.03 Å². The van der Waals surface area contributed by atoms with Crippen molar-refractivity contribution in [2.45, 2.75) is 0 Å². The summed E-state index contributed by atoms with van der Waals surface area (Å²) in [7, 11) is 1.49. The first kappa shape index (κ1) is 16.9. The Balaban J connectivity index is 1.80. The number of halogens is 2. The highest BCUT2D eigenvalue weighted by molar-refractivity contribution is 6.31. The Bertz CT molecular complexity index is 682. The number of urea groups is 1. The van der Waals surface area contributed by atoms with E-state index in [9.17, 15) is 9.18 Å². The lowest BCUT2D eigenvalue weighted by Crippen LogP contribution is -2.32. The minimum atomic E-state index is -0.444. The standard InChI is InChI=1S/C16H16ClFN2O3/c1-22-15-7-6-11(17)10-13(15)20-16(21)19-8-9-23-14-5-3-2-4-12(14)18/h2-7,10H,8-9H2,1H3,(H2,19,20,21). The van der Waals surface area contributed by atoms with Crippen LogP contribution < -0.4 is 20.1 Å². The predicted octanol–water partition coefficient (Wildman–Crippen LogP) is 3.69. The SMILES string of the molecule is COc1ccc(Cl)cc1NC(=O)NCCOc1ccccc1F. The first-order valence-corrected chi connectivity index (χ1v) is 7.23. The van der Waals surface area contributed by atoms with Crippen LogP contribution in [0.5, 0.6) is 11.5 Å². The maximum absolute atomic E-state index is 13.3. The molecule has 0 atom stereocenters. The summed E-state index contributed by atoms with van der Waals surface area (Å²) >= 11 is 5.88. The van der Waals surface area contributed by atoms with Gasteiger partial charge in [-0.2, -0.15) is 0 Å². The highest BCUT2D eigenvalue weighted by atomic mass is 35.5. The summed E-state index contributed by atoms with van der Waals surface area (Å²) in [5.74, 6) is 0.194. The number of benzene rings is 2. The number of hydrogen-bond donors (Lipinski definition) is 2. The van der Waals surface area contributed by atoms with Gasteiger partial charge in [-0.25, -0.2) is 9.18 Å².